The van der Waals surface area contributed by atoms with Gasteiger partial charge in [0.05, 0.1) is 8.85 Å². The minimum absolute atomic E-state index is 0.202. The second-order valence-corrected chi connectivity index (χ2v) is 8.08. The zero-order chi connectivity index (χ0) is 20.8. The summed E-state index contributed by atoms with van der Waals surface area (Å²) >= 11 is 0. The van der Waals surface area contributed by atoms with Gasteiger partial charge in [0.1, 0.15) is 23.9 Å². The number of fused-ring (bicyclic) bond motifs is 1. The molecular formula is C21H28N4O2. The summed E-state index contributed by atoms with van der Waals surface area (Å²) in [6, 6.07) is 7.89. The summed E-state index contributed by atoms with van der Waals surface area (Å²) in [6.45, 7) is 2.08. The van der Waals surface area contributed by atoms with Crippen LogP contribution in [0.15, 0.2) is 24.3 Å². The largest absolute Gasteiger partial charge is 0.490 e. The third-order valence-corrected chi connectivity index (χ3v) is 5.51. The number of rotatable bonds is 4. The molecule has 2 aromatic rings. The Balaban J connectivity index is 1.64. The molecule has 1 fully saturated rings. The average Bonchev–Trinajstić information content (AvgIpc) is 2.94. The number of hydrogen-bond acceptors (Lipinski definition) is 6. The second-order valence-electron chi connectivity index (χ2n) is 8.08. The van der Waals surface area contributed by atoms with Crippen molar-refractivity contribution < 1.29 is 12.6 Å². The van der Waals surface area contributed by atoms with Crippen LogP contribution in [-0.4, -0.2) is 27.7 Å². The predicted molar refractivity (Wildman–Crippen MR) is 106 cm³/mol. The number of hydrogen-bond donors (Lipinski definition) is 2. The van der Waals surface area contributed by atoms with E-state index in [0.29, 0.717) is 18.5 Å². The lowest BCUT2D eigenvalue weighted by Crippen LogP contribution is -2.25. The van der Waals surface area contributed by atoms with E-state index in [-0.39, 0.29) is 17.1 Å². The van der Waals surface area contributed by atoms with E-state index in [1.165, 1.54) is 19.3 Å². The fraction of sp³-hybridized carbons (Fsp3) is 0.524. The van der Waals surface area contributed by atoms with Gasteiger partial charge in [-0.3, -0.25) is 0 Å². The van der Waals surface area contributed by atoms with Gasteiger partial charge >= 0.3 is 0 Å². The molecule has 0 atom stereocenters. The lowest BCUT2D eigenvalue weighted by Gasteiger charge is -2.24. The SMILES string of the molecule is [2H]C([2H])(O)c1nc(N)c2c(n1)N(c1ccc(OC3CCCCC3)cc1)CC2(C)C. The van der Waals surface area contributed by atoms with Crippen molar-refractivity contribution in [1.82, 2.24) is 9.97 Å². The van der Waals surface area contributed by atoms with Crippen LogP contribution in [0.5, 0.6) is 5.75 Å². The summed E-state index contributed by atoms with van der Waals surface area (Å²) < 4.78 is 21.2. The first kappa shape index (κ1) is 15.7. The van der Waals surface area contributed by atoms with E-state index >= 15 is 0 Å². The van der Waals surface area contributed by atoms with Crippen molar-refractivity contribution >= 4 is 17.3 Å². The van der Waals surface area contributed by atoms with E-state index in [1.54, 1.807) is 0 Å². The molecule has 0 unspecified atom stereocenters. The Morgan fingerprint density at radius 1 is 1.22 bits per heavy atom. The smallest absolute Gasteiger partial charge is 0.158 e. The summed E-state index contributed by atoms with van der Waals surface area (Å²) in [5.41, 5.74) is 7.51. The number of aliphatic hydroxyl groups is 1. The first-order valence-corrected chi connectivity index (χ1v) is 9.60. The van der Waals surface area contributed by atoms with Crippen molar-refractivity contribution in [3.8, 4) is 5.75 Å². The van der Waals surface area contributed by atoms with Crippen molar-refractivity contribution in [1.29, 1.82) is 0 Å². The van der Waals surface area contributed by atoms with Crippen LogP contribution < -0.4 is 15.4 Å². The summed E-state index contributed by atoms with van der Waals surface area (Å²) in [5.74, 6) is 1.27. The zero-order valence-electron chi connectivity index (χ0n) is 17.9. The standard InChI is InChI=1S/C21H28N4O2/c1-21(2)13-25(20-18(21)19(22)23-17(12-26)24-20)14-8-10-16(11-9-14)27-15-6-4-3-5-7-15/h8-11,15,26H,3-7,12-13H2,1-2H3,(H2,22,23,24)/i12D2. The molecule has 1 aliphatic carbocycles. The molecule has 0 spiro atoms. The van der Waals surface area contributed by atoms with Gasteiger partial charge in [0.25, 0.3) is 0 Å². The van der Waals surface area contributed by atoms with Crippen LogP contribution in [0.3, 0.4) is 0 Å². The Labute approximate surface area is 163 Å². The van der Waals surface area contributed by atoms with Crippen LogP contribution in [0.1, 0.15) is 60.1 Å². The van der Waals surface area contributed by atoms with E-state index in [0.717, 1.165) is 29.8 Å². The van der Waals surface area contributed by atoms with Gasteiger partial charge < -0.3 is 20.5 Å². The van der Waals surface area contributed by atoms with E-state index in [2.05, 4.69) is 23.8 Å². The quantitative estimate of drug-likeness (QED) is 0.854. The fourth-order valence-corrected chi connectivity index (χ4v) is 4.20. The summed E-state index contributed by atoms with van der Waals surface area (Å²) in [4.78, 5) is 10.3. The van der Waals surface area contributed by atoms with Crippen LogP contribution in [0.2, 0.25) is 0 Å². The maximum absolute atomic E-state index is 9.74. The highest BCUT2D eigenvalue weighted by Crippen LogP contribution is 2.45. The van der Waals surface area contributed by atoms with E-state index in [1.807, 2.05) is 29.2 Å². The summed E-state index contributed by atoms with van der Waals surface area (Å²) in [5, 5.41) is 9.74. The molecule has 4 rings (SSSR count). The van der Waals surface area contributed by atoms with Crippen molar-refractivity contribution in [3.05, 3.63) is 35.7 Å². The van der Waals surface area contributed by atoms with Crippen molar-refractivity contribution in [2.24, 2.45) is 0 Å². The Bertz CT molecular complexity index is 891. The molecule has 1 aromatic heterocycles. The molecule has 27 heavy (non-hydrogen) atoms. The summed E-state index contributed by atoms with van der Waals surface area (Å²) in [6.07, 6.45) is 6.26. The molecule has 2 aliphatic rings. The Morgan fingerprint density at radius 2 is 1.93 bits per heavy atom. The minimum Gasteiger partial charge on any atom is -0.490 e. The van der Waals surface area contributed by atoms with Crippen LogP contribution >= 0.6 is 0 Å². The van der Waals surface area contributed by atoms with Gasteiger partial charge in [-0.15, -0.1) is 0 Å². The fourth-order valence-electron chi connectivity index (χ4n) is 4.20. The van der Waals surface area contributed by atoms with Gasteiger partial charge in [0.15, 0.2) is 5.82 Å². The van der Waals surface area contributed by atoms with Gasteiger partial charge in [-0.05, 0) is 49.9 Å². The molecule has 0 saturated heterocycles. The Morgan fingerprint density at radius 3 is 2.59 bits per heavy atom. The maximum Gasteiger partial charge on any atom is 0.158 e. The third kappa shape index (κ3) is 3.46. The molecule has 3 N–H and O–H groups in total. The van der Waals surface area contributed by atoms with Gasteiger partial charge in [0, 0.05) is 23.2 Å². The lowest BCUT2D eigenvalue weighted by atomic mass is 9.88. The maximum atomic E-state index is 9.74. The Kier molecular flexibility index (Phi) is 4.07. The number of aromatic nitrogens is 2. The molecule has 2 heterocycles. The molecule has 6 heteroatoms. The number of nitrogens with zero attached hydrogens (tertiary/aromatic N) is 3. The number of nitrogens with two attached hydrogens (primary N) is 1. The van der Waals surface area contributed by atoms with Crippen molar-refractivity contribution in [3.63, 3.8) is 0 Å². The van der Waals surface area contributed by atoms with Gasteiger partial charge in [-0.1, -0.05) is 20.3 Å². The third-order valence-electron chi connectivity index (χ3n) is 5.51. The molecule has 144 valence electrons. The predicted octanol–water partition coefficient (Wildman–Crippen LogP) is 3.69. The first-order chi connectivity index (χ1) is 13.6. The van der Waals surface area contributed by atoms with Gasteiger partial charge in [0.2, 0.25) is 0 Å². The number of nitrogen functional groups attached to an aromatic ring is 1. The van der Waals surface area contributed by atoms with Crippen molar-refractivity contribution in [2.75, 3.05) is 17.2 Å². The monoisotopic (exact) mass is 370 g/mol. The van der Waals surface area contributed by atoms with Crippen LogP contribution in [0, 0.1) is 0 Å². The van der Waals surface area contributed by atoms with Gasteiger partial charge in [-0.2, -0.15) is 0 Å². The van der Waals surface area contributed by atoms with E-state index in [9.17, 15) is 5.11 Å². The topological polar surface area (TPSA) is 84.5 Å². The number of anilines is 3. The lowest BCUT2D eigenvalue weighted by molar-refractivity contribution is 0.155. The first-order valence-electron chi connectivity index (χ1n) is 10.6. The summed E-state index contributed by atoms with van der Waals surface area (Å²) in [7, 11) is 0. The normalized spacial score (nSPS) is 20.8. The molecule has 1 aromatic carbocycles. The van der Waals surface area contributed by atoms with E-state index < -0.39 is 6.56 Å². The second kappa shape index (κ2) is 7.00. The minimum atomic E-state index is -2.65. The highest BCUT2D eigenvalue weighted by Gasteiger charge is 2.40. The molecule has 0 amide bonds. The molecule has 0 radical (unpaired) electrons. The molecule has 1 saturated carbocycles. The Hall–Kier alpha value is -2.34. The number of ether oxygens (including phenoxy) is 1. The van der Waals surface area contributed by atoms with Crippen molar-refractivity contribution in [2.45, 2.75) is 64.0 Å². The molecule has 6 nitrogen and oxygen atoms in total. The molecule has 1 aliphatic heterocycles. The van der Waals surface area contributed by atoms with Gasteiger partial charge in [-0.25, -0.2) is 9.97 Å². The number of benzene rings is 1. The molecular weight excluding hydrogens is 340 g/mol. The average molecular weight is 370 g/mol. The van der Waals surface area contributed by atoms with E-state index in [4.69, 9.17) is 13.2 Å². The van der Waals surface area contributed by atoms with Crippen LogP contribution in [0.4, 0.5) is 17.3 Å². The highest BCUT2D eigenvalue weighted by atomic mass is 16.5. The van der Waals surface area contributed by atoms with Crippen LogP contribution in [-0.2, 0) is 12.0 Å². The van der Waals surface area contributed by atoms with Crippen LogP contribution in [0.25, 0.3) is 0 Å². The zero-order valence-corrected chi connectivity index (χ0v) is 15.9. The molecule has 0 bridgehead atoms. The highest BCUT2D eigenvalue weighted by molar-refractivity contribution is 5.73.